The third kappa shape index (κ3) is 7.62. The second-order valence-electron chi connectivity index (χ2n) is 7.57. The second kappa shape index (κ2) is 12.1. The molecule has 0 saturated carbocycles. The van der Waals surface area contributed by atoms with Crippen LogP contribution in [-0.2, 0) is 0 Å². The maximum Gasteiger partial charge on any atom is 0.269 e. The first-order valence-electron chi connectivity index (χ1n) is 10.6. The Kier molecular flexibility index (Phi) is 8.93. The van der Waals surface area contributed by atoms with Crippen molar-refractivity contribution in [3.8, 4) is 5.75 Å². The van der Waals surface area contributed by atoms with Crippen molar-refractivity contribution in [2.24, 2.45) is 0 Å². The van der Waals surface area contributed by atoms with Crippen molar-refractivity contribution >= 4 is 56.7 Å². The summed E-state index contributed by atoms with van der Waals surface area (Å²) in [6.45, 7) is 3.71. The molecule has 180 valence electrons. The van der Waals surface area contributed by atoms with Crippen LogP contribution in [0.4, 0.5) is 5.69 Å². The van der Waals surface area contributed by atoms with Crippen LogP contribution in [0.2, 0.25) is 0 Å². The number of rotatable bonds is 6. The number of hydrogen-bond acceptors (Lipinski definition) is 5. The number of carbonyl (C=O) groups excluding carboxylic acids is 3. The molecule has 10 heteroatoms. The Hall–Kier alpha value is -3.76. The van der Waals surface area contributed by atoms with Gasteiger partial charge < -0.3 is 10.1 Å². The van der Waals surface area contributed by atoms with Gasteiger partial charge in [0.1, 0.15) is 5.75 Å². The molecule has 3 aromatic rings. The Morgan fingerprint density at radius 3 is 2.14 bits per heavy atom. The molecule has 0 heterocycles. The zero-order valence-electron chi connectivity index (χ0n) is 18.9. The monoisotopic (exact) mass is 554 g/mol. The fraction of sp³-hybridized carbons (Fsp3) is 0.120. The van der Waals surface area contributed by atoms with Crippen LogP contribution in [0.1, 0.15) is 44.9 Å². The standard InChI is InChI=1S/C25H23BrN4O4S/c1-15(2)34-21-13-10-18(26)14-20(21)24(33)28-25(35)30-29-23(32)17-8-11-19(12-9-17)27-22(31)16-6-4-3-5-7-16/h3-15H,1-2H3,(H,27,31)(H,29,32)(H2,28,30,33,35). The van der Waals surface area contributed by atoms with E-state index in [2.05, 4.69) is 37.4 Å². The molecule has 0 aliphatic carbocycles. The Labute approximate surface area is 216 Å². The van der Waals surface area contributed by atoms with Crippen LogP contribution in [0, 0.1) is 0 Å². The van der Waals surface area contributed by atoms with Crippen LogP contribution in [0.5, 0.6) is 5.75 Å². The summed E-state index contributed by atoms with van der Waals surface area (Å²) in [4.78, 5) is 37.3. The second-order valence-corrected chi connectivity index (χ2v) is 8.89. The molecule has 3 aromatic carbocycles. The number of amides is 3. The molecule has 0 unspecified atom stereocenters. The van der Waals surface area contributed by atoms with Crippen molar-refractivity contribution in [3.05, 3.63) is 94.0 Å². The van der Waals surface area contributed by atoms with E-state index in [0.717, 1.165) is 0 Å². The molecule has 0 fully saturated rings. The normalized spacial score (nSPS) is 10.3. The van der Waals surface area contributed by atoms with Crippen molar-refractivity contribution in [1.82, 2.24) is 16.2 Å². The molecule has 0 radical (unpaired) electrons. The van der Waals surface area contributed by atoms with Crippen molar-refractivity contribution in [2.45, 2.75) is 20.0 Å². The van der Waals surface area contributed by atoms with Gasteiger partial charge in [0.05, 0.1) is 11.7 Å². The number of benzene rings is 3. The average Bonchev–Trinajstić information content (AvgIpc) is 2.84. The third-order valence-electron chi connectivity index (χ3n) is 4.51. The number of hydrazine groups is 1. The molecule has 0 saturated heterocycles. The molecule has 35 heavy (non-hydrogen) atoms. The van der Waals surface area contributed by atoms with Gasteiger partial charge in [0.15, 0.2) is 5.11 Å². The zero-order valence-corrected chi connectivity index (χ0v) is 21.3. The predicted octanol–water partition coefficient (Wildman–Crippen LogP) is 4.44. The van der Waals surface area contributed by atoms with Crippen molar-refractivity contribution in [3.63, 3.8) is 0 Å². The van der Waals surface area contributed by atoms with Crippen LogP contribution < -0.4 is 26.2 Å². The summed E-state index contributed by atoms with van der Waals surface area (Å²) in [5.74, 6) is -0.814. The number of anilines is 1. The van der Waals surface area contributed by atoms with E-state index in [0.29, 0.717) is 27.0 Å². The van der Waals surface area contributed by atoms with Gasteiger partial charge in [-0.15, -0.1) is 0 Å². The minimum Gasteiger partial charge on any atom is -0.490 e. The highest BCUT2D eigenvalue weighted by Crippen LogP contribution is 2.24. The number of thiocarbonyl (C=S) groups is 1. The summed E-state index contributed by atoms with van der Waals surface area (Å²) >= 11 is 8.46. The molecular formula is C25H23BrN4O4S. The maximum absolute atomic E-state index is 12.7. The molecule has 0 aromatic heterocycles. The maximum atomic E-state index is 12.7. The summed E-state index contributed by atoms with van der Waals surface area (Å²) < 4.78 is 6.38. The van der Waals surface area contributed by atoms with Crippen LogP contribution >= 0.6 is 28.1 Å². The highest BCUT2D eigenvalue weighted by atomic mass is 79.9. The highest BCUT2D eigenvalue weighted by Gasteiger charge is 2.16. The minimum absolute atomic E-state index is 0.0921. The van der Waals surface area contributed by atoms with E-state index in [1.807, 2.05) is 19.9 Å². The van der Waals surface area contributed by atoms with Crippen molar-refractivity contribution < 1.29 is 19.1 Å². The van der Waals surface area contributed by atoms with E-state index in [1.54, 1.807) is 66.7 Å². The SMILES string of the molecule is CC(C)Oc1ccc(Br)cc1C(=O)NC(=S)NNC(=O)c1ccc(NC(=O)c2ccccc2)cc1. The third-order valence-corrected chi connectivity index (χ3v) is 5.20. The smallest absolute Gasteiger partial charge is 0.269 e. The fourth-order valence-electron chi connectivity index (χ4n) is 2.92. The molecular weight excluding hydrogens is 532 g/mol. The molecule has 4 N–H and O–H groups in total. The van der Waals surface area contributed by atoms with Gasteiger partial charge in [-0.25, -0.2) is 0 Å². The van der Waals surface area contributed by atoms with Gasteiger partial charge in [-0.2, -0.15) is 0 Å². The first-order valence-corrected chi connectivity index (χ1v) is 11.8. The van der Waals surface area contributed by atoms with Gasteiger partial charge >= 0.3 is 0 Å². The summed E-state index contributed by atoms with van der Waals surface area (Å²) in [5, 5.41) is 5.18. The Morgan fingerprint density at radius 1 is 0.829 bits per heavy atom. The predicted molar refractivity (Wildman–Crippen MR) is 141 cm³/mol. The van der Waals surface area contributed by atoms with E-state index < -0.39 is 11.8 Å². The van der Waals surface area contributed by atoms with E-state index in [9.17, 15) is 14.4 Å². The molecule has 0 spiro atoms. The lowest BCUT2D eigenvalue weighted by Gasteiger charge is -2.15. The first-order chi connectivity index (χ1) is 16.7. The summed E-state index contributed by atoms with van der Waals surface area (Å²) in [6.07, 6.45) is -0.120. The van der Waals surface area contributed by atoms with Crippen LogP contribution in [0.25, 0.3) is 0 Å². The van der Waals surface area contributed by atoms with Gasteiger partial charge in [0, 0.05) is 21.3 Å². The van der Waals surface area contributed by atoms with Gasteiger partial charge in [0.2, 0.25) is 0 Å². The Morgan fingerprint density at radius 2 is 1.49 bits per heavy atom. The number of halogens is 1. The van der Waals surface area contributed by atoms with Crippen LogP contribution in [-0.4, -0.2) is 28.9 Å². The lowest BCUT2D eigenvalue weighted by molar-refractivity contribution is 0.0933. The van der Waals surface area contributed by atoms with Gasteiger partial charge in [-0.1, -0.05) is 34.1 Å². The number of nitrogens with one attached hydrogen (secondary N) is 4. The first kappa shape index (κ1) is 25.9. The molecule has 0 bridgehead atoms. The van der Waals surface area contributed by atoms with Gasteiger partial charge in [-0.3, -0.25) is 30.6 Å². The fourth-order valence-corrected chi connectivity index (χ4v) is 3.43. The number of carbonyl (C=O) groups is 3. The molecule has 0 atom stereocenters. The largest absolute Gasteiger partial charge is 0.490 e. The lowest BCUT2D eigenvalue weighted by atomic mass is 10.1. The quantitative estimate of drug-likeness (QED) is 0.265. The van der Waals surface area contributed by atoms with E-state index in [1.165, 1.54) is 0 Å². The molecule has 0 aliphatic heterocycles. The average molecular weight is 555 g/mol. The van der Waals surface area contributed by atoms with E-state index in [4.69, 9.17) is 17.0 Å². The molecule has 3 rings (SSSR count). The molecule has 3 amide bonds. The lowest BCUT2D eigenvalue weighted by Crippen LogP contribution is -2.48. The topological polar surface area (TPSA) is 109 Å². The molecule has 0 aliphatic rings. The summed E-state index contributed by atoms with van der Waals surface area (Å²) in [6, 6.07) is 20.2. The Bertz CT molecular complexity index is 1230. The number of ether oxygens (including phenoxy) is 1. The molecule has 8 nitrogen and oxygen atoms in total. The zero-order chi connectivity index (χ0) is 25.4. The van der Waals surface area contributed by atoms with Crippen LogP contribution in [0.3, 0.4) is 0 Å². The number of hydrogen-bond donors (Lipinski definition) is 4. The van der Waals surface area contributed by atoms with Crippen LogP contribution in [0.15, 0.2) is 77.3 Å². The van der Waals surface area contributed by atoms with Gasteiger partial charge in [-0.05, 0) is 80.7 Å². The van der Waals surface area contributed by atoms with Gasteiger partial charge in [0.25, 0.3) is 17.7 Å². The van der Waals surface area contributed by atoms with Crippen molar-refractivity contribution in [1.29, 1.82) is 0 Å². The summed E-state index contributed by atoms with van der Waals surface area (Å²) in [5.41, 5.74) is 6.61. The summed E-state index contributed by atoms with van der Waals surface area (Å²) in [7, 11) is 0. The Balaban J connectivity index is 1.53. The highest BCUT2D eigenvalue weighted by molar-refractivity contribution is 9.10. The minimum atomic E-state index is -0.493. The van der Waals surface area contributed by atoms with Crippen molar-refractivity contribution in [2.75, 3.05) is 5.32 Å². The van der Waals surface area contributed by atoms with E-state index >= 15 is 0 Å². The van der Waals surface area contributed by atoms with E-state index in [-0.39, 0.29) is 22.7 Å².